The lowest BCUT2D eigenvalue weighted by atomic mass is 10.0. The Morgan fingerprint density at radius 1 is 1.62 bits per heavy atom. The van der Waals surface area contributed by atoms with E-state index in [0.29, 0.717) is 0 Å². The maximum atomic E-state index is 11.6. The van der Waals surface area contributed by atoms with Gasteiger partial charge in [-0.1, -0.05) is 5.92 Å². The Kier molecular flexibility index (Phi) is 4.17. The van der Waals surface area contributed by atoms with Crippen molar-refractivity contribution in [1.29, 1.82) is 0 Å². The van der Waals surface area contributed by atoms with E-state index >= 15 is 0 Å². The van der Waals surface area contributed by atoms with Crippen molar-refractivity contribution in [2.45, 2.75) is 25.8 Å². The molecule has 1 atom stereocenters. The topological polar surface area (TPSA) is 29.1 Å². The molecule has 72 valence electrons. The molecule has 2 nitrogen and oxygen atoms in total. The van der Waals surface area contributed by atoms with Crippen LogP contribution in [-0.4, -0.2) is 23.5 Å². The minimum Gasteiger partial charge on any atom is -0.343 e. The third-order valence-corrected chi connectivity index (χ3v) is 3.25. The largest absolute Gasteiger partial charge is 0.343 e. The first-order chi connectivity index (χ1) is 6.24. The predicted molar refractivity (Wildman–Crippen MR) is 56.5 cm³/mol. The second kappa shape index (κ2) is 5.18. The monoisotopic (exact) mass is 197 g/mol. The molecule has 1 amide bonds. The summed E-state index contributed by atoms with van der Waals surface area (Å²) in [6.45, 7) is 1.83. The van der Waals surface area contributed by atoms with E-state index in [9.17, 15) is 4.79 Å². The SMILES string of the molecule is C#CC(C)NC(=O)C1CCSCC1. The Morgan fingerprint density at radius 3 is 2.77 bits per heavy atom. The summed E-state index contributed by atoms with van der Waals surface area (Å²) in [6.07, 6.45) is 7.17. The van der Waals surface area contributed by atoms with Crippen LogP contribution in [0, 0.1) is 18.3 Å². The number of carbonyl (C=O) groups is 1. The molecule has 0 spiro atoms. The van der Waals surface area contributed by atoms with Crippen LogP contribution in [-0.2, 0) is 4.79 Å². The van der Waals surface area contributed by atoms with Crippen LogP contribution in [0.3, 0.4) is 0 Å². The molecular formula is C10H15NOS. The highest BCUT2D eigenvalue weighted by atomic mass is 32.2. The molecule has 1 aliphatic heterocycles. The third-order valence-electron chi connectivity index (χ3n) is 2.20. The molecule has 0 radical (unpaired) electrons. The number of thioether (sulfide) groups is 1. The van der Waals surface area contributed by atoms with Crippen molar-refractivity contribution >= 4 is 17.7 Å². The van der Waals surface area contributed by atoms with Gasteiger partial charge in [-0.05, 0) is 31.3 Å². The summed E-state index contributed by atoms with van der Waals surface area (Å²) in [5, 5.41) is 2.81. The summed E-state index contributed by atoms with van der Waals surface area (Å²) >= 11 is 1.92. The van der Waals surface area contributed by atoms with Crippen LogP contribution in [0.5, 0.6) is 0 Å². The highest BCUT2D eigenvalue weighted by Gasteiger charge is 2.21. The molecule has 0 aromatic carbocycles. The summed E-state index contributed by atoms with van der Waals surface area (Å²) in [6, 6.07) is -0.137. The molecular weight excluding hydrogens is 182 g/mol. The van der Waals surface area contributed by atoms with Gasteiger partial charge in [-0.2, -0.15) is 11.8 Å². The van der Waals surface area contributed by atoms with E-state index in [1.54, 1.807) is 0 Å². The molecule has 3 heteroatoms. The van der Waals surface area contributed by atoms with Crippen LogP contribution in [0.1, 0.15) is 19.8 Å². The number of amides is 1. The number of carbonyl (C=O) groups excluding carboxylic acids is 1. The van der Waals surface area contributed by atoms with Gasteiger partial charge in [0.2, 0.25) is 5.91 Å². The molecule has 1 fully saturated rings. The van der Waals surface area contributed by atoms with Gasteiger partial charge in [-0.25, -0.2) is 0 Å². The fourth-order valence-electron chi connectivity index (χ4n) is 1.33. The van der Waals surface area contributed by atoms with Crippen molar-refractivity contribution in [3.8, 4) is 12.3 Å². The number of hydrogen-bond acceptors (Lipinski definition) is 2. The summed E-state index contributed by atoms with van der Waals surface area (Å²) in [7, 11) is 0. The molecule has 0 bridgehead atoms. The fraction of sp³-hybridized carbons (Fsp3) is 0.700. The van der Waals surface area contributed by atoms with Gasteiger partial charge in [-0.3, -0.25) is 4.79 Å². The normalized spacial score (nSPS) is 20.3. The van der Waals surface area contributed by atoms with Gasteiger partial charge < -0.3 is 5.32 Å². The highest BCUT2D eigenvalue weighted by molar-refractivity contribution is 7.99. The first-order valence-electron chi connectivity index (χ1n) is 4.58. The van der Waals surface area contributed by atoms with Gasteiger partial charge in [0.15, 0.2) is 0 Å². The molecule has 1 aliphatic rings. The lowest BCUT2D eigenvalue weighted by Crippen LogP contribution is -2.37. The van der Waals surface area contributed by atoms with Gasteiger partial charge in [0.05, 0.1) is 6.04 Å². The van der Waals surface area contributed by atoms with Crippen molar-refractivity contribution < 1.29 is 4.79 Å². The molecule has 1 unspecified atom stereocenters. The van der Waals surface area contributed by atoms with E-state index in [4.69, 9.17) is 6.42 Å². The summed E-state index contributed by atoms with van der Waals surface area (Å²) in [4.78, 5) is 11.6. The molecule has 0 saturated carbocycles. The maximum Gasteiger partial charge on any atom is 0.224 e. The van der Waals surface area contributed by atoms with Crippen molar-refractivity contribution in [2.24, 2.45) is 5.92 Å². The van der Waals surface area contributed by atoms with E-state index in [1.807, 2.05) is 18.7 Å². The zero-order valence-corrected chi connectivity index (χ0v) is 8.69. The second-order valence-electron chi connectivity index (χ2n) is 3.28. The quantitative estimate of drug-likeness (QED) is 0.675. The summed E-state index contributed by atoms with van der Waals surface area (Å²) in [5.41, 5.74) is 0. The molecule has 0 aromatic rings. The number of hydrogen-bond donors (Lipinski definition) is 1. The fourth-order valence-corrected chi connectivity index (χ4v) is 2.44. The second-order valence-corrected chi connectivity index (χ2v) is 4.51. The van der Waals surface area contributed by atoms with Crippen LogP contribution in [0.2, 0.25) is 0 Å². The van der Waals surface area contributed by atoms with Gasteiger partial charge in [0.25, 0.3) is 0 Å². The Balaban J connectivity index is 2.34. The zero-order valence-electron chi connectivity index (χ0n) is 7.88. The van der Waals surface area contributed by atoms with Crippen molar-refractivity contribution in [2.75, 3.05) is 11.5 Å². The van der Waals surface area contributed by atoms with E-state index in [2.05, 4.69) is 11.2 Å². The molecule has 0 aromatic heterocycles. The average molecular weight is 197 g/mol. The molecule has 1 N–H and O–H groups in total. The Hall–Kier alpha value is -0.620. The molecule has 1 heterocycles. The van der Waals surface area contributed by atoms with Crippen molar-refractivity contribution in [3.05, 3.63) is 0 Å². The van der Waals surface area contributed by atoms with Crippen molar-refractivity contribution in [3.63, 3.8) is 0 Å². The predicted octanol–water partition coefficient (Wildman–Crippen LogP) is 1.27. The zero-order chi connectivity index (χ0) is 9.68. The first kappa shape index (κ1) is 10.5. The first-order valence-corrected chi connectivity index (χ1v) is 5.73. The molecule has 13 heavy (non-hydrogen) atoms. The third kappa shape index (κ3) is 3.31. The molecule has 1 rings (SSSR count). The van der Waals surface area contributed by atoms with E-state index in [-0.39, 0.29) is 17.9 Å². The smallest absolute Gasteiger partial charge is 0.224 e. The standard InChI is InChI=1S/C10H15NOS/c1-3-8(2)11-10(12)9-4-6-13-7-5-9/h1,8-9H,4-7H2,2H3,(H,11,12). The van der Waals surface area contributed by atoms with Crippen molar-refractivity contribution in [1.82, 2.24) is 5.32 Å². The van der Waals surface area contributed by atoms with Gasteiger partial charge in [0, 0.05) is 5.92 Å². The van der Waals surface area contributed by atoms with E-state index in [0.717, 1.165) is 24.3 Å². The van der Waals surface area contributed by atoms with Crippen LogP contribution in [0.4, 0.5) is 0 Å². The van der Waals surface area contributed by atoms with Crippen LogP contribution < -0.4 is 5.32 Å². The maximum absolute atomic E-state index is 11.6. The van der Waals surface area contributed by atoms with Crippen LogP contribution in [0.25, 0.3) is 0 Å². The number of terminal acetylenes is 1. The Bertz CT molecular complexity index is 215. The van der Waals surface area contributed by atoms with Gasteiger partial charge in [0.1, 0.15) is 0 Å². The average Bonchev–Trinajstić information content (AvgIpc) is 2.19. The summed E-state index contributed by atoms with van der Waals surface area (Å²) in [5.74, 6) is 5.02. The minimum atomic E-state index is -0.137. The van der Waals surface area contributed by atoms with Gasteiger partial charge in [-0.15, -0.1) is 6.42 Å². The molecule has 1 saturated heterocycles. The molecule has 0 aliphatic carbocycles. The lowest BCUT2D eigenvalue weighted by Gasteiger charge is -2.21. The van der Waals surface area contributed by atoms with Gasteiger partial charge >= 0.3 is 0 Å². The summed E-state index contributed by atoms with van der Waals surface area (Å²) < 4.78 is 0. The number of nitrogens with one attached hydrogen (secondary N) is 1. The van der Waals surface area contributed by atoms with Crippen LogP contribution >= 0.6 is 11.8 Å². The lowest BCUT2D eigenvalue weighted by molar-refractivity contribution is -0.125. The van der Waals surface area contributed by atoms with Crippen LogP contribution in [0.15, 0.2) is 0 Å². The Morgan fingerprint density at radius 2 is 2.23 bits per heavy atom. The number of rotatable bonds is 2. The van der Waals surface area contributed by atoms with E-state index < -0.39 is 0 Å². The Labute approximate surface area is 83.9 Å². The highest BCUT2D eigenvalue weighted by Crippen LogP contribution is 2.22. The minimum absolute atomic E-state index is 0.130. The van der Waals surface area contributed by atoms with E-state index in [1.165, 1.54) is 0 Å².